The van der Waals surface area contributed by atoms with Crippen molar-refractivity contribution < 1.29 is 13.6 Å². The largest absolute Gasteiger partial charge is 0.356 e. The molecule has 0 bridgehead atoms. The zero-order chi connectivity index (χ0) is 20.4. The number of fused-ring (bicyclic) bond motifs is 1. The van der Waals surface area contributed by atoms with Crippen molar-refractivity contribution in [3.8, 4) is 0 Å². The summed E-state index contributed by atoms with van der Waals surface area (Å²) >= 11 is 1.47. The van der Waals surface area contributed by atoms with Gasteiger partial charge in [0.05, 0.1) is 23.7 Å². The van der Waals surface area contributed by atoms with Crippen LogP contribution in [0, 0.1) is 11.6 Å². The van der Waals surface area contributed by atoms with Crippen LogP contribution in [0.15, 0.2) is 29.6 Å². The summed E-state index contributed by atoms with van der Waals surface area (Å²) in [6, 6.07) is 2.88. The van der Waals surface area contributed by atoms with Crippen LogP contribution in [-0.2, 0) is 6.54 Å². The molecule has 0 saturated carbocycles. The number of carbonyl (C=O) groups excluding carboxylic acids is 1. The molecule has 1 amide bonds. The number of anilines is 1. The third kappa shape index (κ3) is 4.02. The quantitative estimate of drug-likeness (QED) is 0.490. The van der Waals surface area contributed by atoms with E-state index < -0.39 is 17.5 Å². The number of nitrogens with zero attached hydrogens (tertiary/aromatic N) is 5. The van der Waals surface area contributed by atoms with Crippen molar-refractivity contribution in [1.29, 1.82) is 0 Å². The van der Waals surface area contributed by atoms with Gasteiger partial charge in [-0.3, -0.25) is 4.79 Å². The summed E-state index contributed by atoms with van der Waals surface area (Å²) in [7, 11) is 0. The third-order valence-electron chi connectivity index (χ3n) is 4.83. The van der Waals surface area contributed by atoms with Gasteiger partial charge in [0, 0.05) is 25.7 Å². The van der Waals surface area contributed by atoms with Crippen molar-refractivity contribution in [2.75, 3.05) is 30.8 Å². The van der Waals surface area contributed by atoms with E-state index in [0.29, 0.717) is 23.4 Å². The molecular formula is C19H20F2N6OS. The van der Waals surface area contributed by atoms with Crippen LogP contribution in [0.25, 0.3) is 11.0 Å². The maximum atomic E-state index is 13.7. The first-order valence-electron chi connectivity index (χ1n) is 9.32. The molecule has 1 saturated heterocycles. The average Bonchev–Trinajstić information content (AvgIpc) is 3.37. The van der Waals surface area contributed by atoms with E-state index in [1.54, 1.807) is 10.9 Å². The van der Waals surface area contributed by atoms with Crippen molar-refractivity contribution in [3.05, 3.63) is 41.6 Å². The molecule has 3 heterocycles. The first-order valence-corrected chi connectivity index (χ1v) is 10.5. The molecule has 0 radical (unpaired) electrons. The lowest BCUT2D eigenvalue weighted by Gasteiger charge is -2.17. The van der Waals surface area contributed by atoms with E-state index in [-0.39, 0.29) is 12.1 Å². The second kappa shape index (κ2) is 8.32. The zero-order valence-corrected chi connectivity index (χ0v) is 16.7. The van der Waals surface area contributed by atoms with E-state index in [1.165, 1.54) is 11.8 Å². The number of halogens is 2. The highest BCUT2D eigenvalue weighted by Crippen LogP contribution is 2.28. The van der Waals surface area contributed by atoms with Crippen molar-refractivity contribution >= 4 is 34.5 Å². The van der Waals surface area contributed by atoms with E-state index in [9.17, 15) is 13.6 Å². The molecule has 0 atom stereocenters. The predicted molar refractivity (Wildman–Crippen MR) is 107 cm³/mol. The molecule has 1 fully saturated rings. The number of carbonyl (C=O) groups is 1. The maximum absolute atomic E-state index is 13.7. The second-order valence-electron chi connectivity index (χ2n) is 6.71. The lowest BCUT2D eigenvalue weighted by atomic mass is 10.2. The van der Waals surface area contributed by atoms with Gasteiger partial charge < -0.3 is 10.2 Å². The monoisotopic (exact) mass is 418 g/mol. The standard InChI is InChI=1S/C19H20F2N6OS/c1-29-19-24-16(26-7-2-3-8-26)14-11-23-27(17(14)25-19)9-6-22-18(28)13-5-4-12(20)10-15(13)21/h4-5,10-11H,2-3,6-9H2,1H3,(H,22,28). The molecule has 0 aliphatic carbocycles. The highest BCUT2D eigenvalue weighted by molar-refractivity contribution is 7.98. The molecule has 0 unspecified atom stereocenters. The van der Waals surface area contributed by atoms with Gasteiger partial charge in [-0.05, 0) is 31.2 Å². The SMILES string of the molecule is CSc1nc(N2CCCC2)c2cnn(CCNC(=O)c3ccc(F)cc3F)c2n1. The smallest absolute Gasteiger partial charge is 0.254 e. The summed E-state index contributed by atoms with van der Waals surface area (Å²) in [6.45, 7) is 2.52. The lowest BCUT2D eigenvalue weighted by Crippen LogP contribution is -2.28. The number of hydrogen-bond acceptors (Lipinski definition) is 6. The molecule has 1 N–H and O–H groups in total. The van der Waals surface area contributed by atoms with Crippen LogP contribution in [-0.4, -0.2) is 51.5 Å². The molecule has 29 heavy (non-hydrogen) atoms. The summed E-state index contributed by atoms with van der Waals surface area (Å²) in [5.74, 6) is -1.32. The van der Waals surface area contributed by atoms with Crippen molar-refractivity contribution in [1.82, 2.24) is 25.1 Å². The van der Waals surface area contributed by atoms with Crippen LogP contribution in [0.4, 0.5) is 14.6 Å². The fraction of sp³-hybridized carbons (Fsp3) is 0.368. The Morgan fingerprint density at radius 3 is 2.76 bits per heavy atom. The number of nitrogens with one attached hydrogen (secondary N) is 1. The number of thioether (sulfide) groups is 1. The summed E-state index contributed by atoms with van der Waals surface area (Å²) in [5.41, 5.74) is 0.508. The third-order valence-corrected chi connectivity index (χ3v) is 5.38. The Hall–Kier alpha value is -2.75. The highest BCUT2D eigenvalue weighted by atomic mass is 32.2. The van der Waals surface area contributed by atoms with Crippen LogP contribution < -0.4 is 10.2 Å². The van der Waals surface area contributed by atoms with E-state index in [4.69, 9.17) is 0 Å². The van der Waals surface area contributed by atoms with Crippen LogP contribution in [0.1, 0.15) is 23.2 Å². The Morgan fingerprint density at radius 1 is 1.24 bits per heavy atom. The molecule has 1 aliphatic rings. The average molecular weight is 418 g/mol. The molecule has 1 aromatic carbocycles. The zero-order valence-electron chi connectivity index (χ0n) is 15.9. The number of hydrogen-bond donors (Lipinski definition) is 1. The molecule has 152 valence electrons. The second-order valence-corrected chi connectivity index (χ2v) is 7.49. The molecule has 4 rings (SSSR count). The van der Waals surface area contributed by atoms with Crippen LogP contribution in [0.5, 0.6) is 0 Å². The molecule has 3 aromatic rings. The molecule has 10 heteroatoms. The number of aromatic nitrogens is 4. The molecular weight excluding hydrogens is 398 g/mol. The minimum Gasteiger partial charge on any atom is -0.356 e. The Labute approximate surface area is 170 Å². The van der Waals surface area contributed by atoms with Crippen LogP contribution in [0.2, 0.25) is 0 Å². The van der Waals surface area contributed by atoms with E-state index in [0.717, 1.165) is 49.3 Å². The first kappa shape index (κ1) is 19.6. The number of rotatable bonds is 6. The molecule has 7 nitrogen and oxygen atoms in total. The van der Waals surface area contributed by atoms with Crippen LogP contribution in [0.3, 0.4) is 0 Å². The summed E-state index contributed by atoms with van der Waals surface area (Å²) in [4.78, 5) is 23.6. The fourth-order valence-corrected chi connectivity index (χ4v) is 3.75. The van der Waals surface area contributed by atoms with Gasteiger partial charge in [-0.15, -0.1) is 0 Å². The highest BCUT2D eigenvalue weighted by Gasteiger charge is 2.20. The minimum atomic E-state index is -0.889. The van der Waals surface area contributed by atoms with Gasteiger partial charge in [0.1, 0.15) is 17.5 Å². The minimum absolute atomic E-state index is 0.194. The van der Waals surface area contributed by atoms with Gasteiger partial charge in [0.15, 0.2) is 10.8 Å². The van der Waals surface area contributed by atoms with Gasteiger partial charge in [-0.25, -0.2) is 23.4 Å². The molecule has 0 spiro atoms. The summed E-state index contributed by atoms with van der Waals surface area (Å²) < 4.78 is 28.5. The summed E-state index contributed by atoms with van der Waals surface area (Å²) in [5, 5.41) is 8.59. The number of amides is 1. The molecule has 1 aliphatic heterocycles. The van der Waals surface area contributed by atoms with Gasteiger partial charge in [-0.1, -0.05) is 11.8 Å². The predicted octanol–water partition coefficient (Wildman–Crippen LogP) is 2.86. The van der Waals surface area contributed by atoms with Gasteiger partial charge >= 0.3 is 0 Å². The topological polar surface area (TPSA) is 75.9 Å². The maximum Gasteiger partial charge on any atom is 0.254 e. The Balaban J connectivity index is 1.51. The Kier molecular flexibility index (Phi) is 5.61. The van der Waals surface area contributed by atoms with Crippen molar-refractivity contribution in [3.63, 3.8) is 0 Å². The first-order chi connectivity index (χ1) is 14.1. The van der Waals surface area contributed by atoms with E-state index >= 15 is 0 Å². The Bertz CT molecular complexity index is 1050. The Morgan fingerprint density at radius 2 is 2.03 bits per heavy atom. The van der Waals surface area contributed by atoms with Gasteiger partial charge in [0.2, 0.25) is 0 Å². The fourth-order valence-electron chi connectivity index (χ4n) is 3.39. The van der Waals surface area contributed by atoms with Gasteiger partial charge in [-0.2, -0.15) is 5.10 Å². The van der Waals surface area contributed by atoms with Crippen molar-refractivity contribution in [2.45, 2.75) is 24.5 Å². The number of benzene rings is 1. The van der Waals surface area contributed by atoms with Gasteiger partial charge in [0.25, 0.3) is 5.91 Å². The van der Waals surface area contributed by atoms with Crippen LogP contribution >= 0.6 is 11.8 Å². The normalized spacial score (nSPS) is 14.0. The van der Waals surface area contributed by atoms with E-state index in [1.807, 2.05) is 6.26 Å². The lowest BCUT2D eigenvalue weighted by molar-refractivity contribution is 0.0948. The van der Waals surface area contributed by atoms with Crippen molar-refractivity contribution in [2.24, 2.45) is 0 Å². The van der Waals surface area contributed by atoms with E-state index in [2.05, 4.69) is 25.3 Å². The molecule has 2 aromatic heterocycles. The summed E-state index contributed by atoms with van der Waals surface area (Å²) in [6.07, 6.45) is 5.95.